The van der Waals surface area contributed by atoms with Gasteiger partial charge in [-0.2, -0.15) is 0 Å². The number of hydrogen-bond acceptors (Lipinski definition) is 4. The molecule has 2 heterocycles. The molecule has 27 heavy (non-hydrogen) atoms. The number of aromatic nitrogens is 4. The van der Waals surface area contributed by atoms with E-state index in [9.17, 15) is 9.59 Å². The van der Waals surface area contributed by atoms with Crippen molar-refractivity contribution in [3.8, 4) is 17.1 Å². The van der Waals surface area contributed by atoms with Crippen molar-refractivity contribution < 1.29 is 4.79 Å². The first-order chi connectivity index (χ1) is 12.9. The van der Waals surface area contributed by atoms with E-state index in [-0.39, 0.29) is 16.9 Å². The fraction of sp³-hybridized carbons (Fsp3) is 0.0526. The largest absolute Gasteiger partial charge is 0.364 e. The van der Waals surface area contributed by atoms with Crippen molar-refractivity contribution in [2.24, 2.45) is 5.73 Å². The molecule has 0 radical (unpaired) electrons. The molecule has 8 heteroatoms. The minimum absolute atomic E-state index is 0.0413. The van der Waals surface area contributed by atoms with Gasteiger partial charge < -0.3 is 10.7 Å². The Morgan fingerprint density at radius 1 is 1.07 bits per heavy atom. The normalized spacial score (nSPS) is 11.0. The SMILES string of the molecule is Cc1ccc(-c2nc(C(N)=O)c3[nH]c(=O)n(-c4ccc(Cl)cc4)c3n2)cc1. The monoisotopic (exact) mass is 379 g/mol. The summed E-state index contributed by atoms with van der Waals surface area (Å²) in [4.78, 5) is 35.9. The lowest BCUT2D eigenvalue weighted by Crippen LogP contribution is -2.15. The third kappa shape index (κ3) is 2.98. The van der Waals surface area contributed by atoms with E-state index in [2.05, 4.69) is 15.0 Å². The summed E-state index contributed by atoms with van der Waals surface area (Å²) in [5.41, 5.74) is 7.80. The predicted octanol–water partition coefficient (Wildman–Crippen LogP) is 2.84. The molecule has 0 aliphatic rings. The first-order valence-electron chi connectivity index (χ1n) is 8.09. The highest BCUT2D eigenvalue weighted by Gasteiger charge is 2.20. The highest BCUT2D eigenvalue weighted by atomic mass is 35.5. The number of carbonyl (C=O) groups excluding carboxylic acids is 1. The number of fused-ring (bicyclic) bond motifs is 1. The summed E-state index contributed by atoms with van der Waals surface area (Å²) in [5.74, 6) is -0.446. The van der Waals surface area contributed by atoms with E-state index in [1.807, 2.05) is 31.2 Å². The van der Waals surface area contributed by atoms with Crippen LogP contribution in [0.15, 0.2) is 53.3 Å². The Morgan fingerprint density at radius 3 is 2.37 bits per heavy atom. The van der Waals surface area contributed by atoms with E-state index in [1.54, 1.807) is 24.3 Å². The number of hydrogen-bond donors (Lipinski definition) is 2. The molecule has 4 aromatic rings. The molecule has 0 atom stereocenters. The number of imidazole rings is 1. The summed E-state index contributed by atoms with van der Waals surface area (Å²) in [6, 6.07) is 14.2. The second-order valence-electron chi connectivity index (χ2n) is 6.07. The van der Waals surface area contributed by atoms with Crippen LogP contribution in [0, 0.1) is 6.92 Å². The number of nitrogens with two attached hydrogens (primary N) is 1. The summed E-state index contributed by atoms with van der Waals surface area (Å²) in [5, 5.41) is 0.541. The van der Waals surface area contributed by atoms with Crippen LogP contribution in [0.1, 0.15) is 16.1 Å². The van der Waals surface area contributed by atoms with Crippen molar-refractivity contribution in [2.45, 2.75) is 6.92 Å². The number of aromatic amines is 1. The Morgan fingerprint density at radius 2 is 1.74 bits per heavy atom. The second-order valence-corrected chi connectivity index (χ2v) is 6.50. The van der Waals surface area contributed by atoms with E-state index in [1.165, 1.54) is 4.57 Å². The zero-order valence-electron chi connectivity index (χ0n) is 14.2. The third-order valence-electron chi connectivity index (χ3n) is 4.16. The smallest absolute Gasteiger partial charge is 0.332 e. The maximum Gasteiger partial charge on any atom is 0.332 e. The first-order valence-corrected chi connectivity index (χ1v) is 8.47. The van der Waals surface area contributed by atoms with Crippen LogP contribution in [0.5, 0.6) is 0 Å². The molecule has 0 unspecified atom stereocenters. The molecule has 2 aromatic carbocycles. The summed E-state index contributed by atoms with van der Waals surface area (Å²) < 4.78 is 1.36. The molecule has 0 spiro atoms. The molecule has 4 rings (SSSR count). The van der Waals surface area contributed by atoms with E-state index >= 15 is 0 Å². The zero-order chi connectivity index (χ0) is 19.1. The van der Waals surface area contributed by atoms with Crippen LogP contribution < -0.4 is 11.4 Å². The van der Waals surface area contributed by atoms with Crippen molar-refractivity contribution in [3.05, 3.63) is 75.3 Å². The minimum Gasteiger partial charge on any atom is -0.364 e. The molecule has 1 amide bonds. The van der Waals surface area contributed by atoms with Crippen molar-refractivity contribution >= 4 is 28.7 Å². The van der Waals surface area contributed by atoms with E-state index < -0.39 is 11.6 Å². The van der Waals surface area contributed by atoms with Gasteiger partial charge in [0.2, 0.25) is 0 Å². The molecule has 0 fully saturated rings. The Balaban J connectivity index is 2.04. The highest BCUT2D eigenvalue weighted by molar-refractivity contribution is 6.30. The number of nitrogens with one attached hydrogen (secondary N) is 1. The summed E-state index contributed by atoms with van der Waals surface area (Å²) in [6.45, 7) is 1.97. The number of amides is 1. The van der Waals surface area contributed by atoms with Crippen LogP contribution in [-0.4, -0.2) is 25.4 Å². The van der Waals surface area contributed by atoms with Gasteiger partial charge in [-0.1, -0.05) is 41.4 Å². The van der Waals surface area contributed by atoms with Gasteiger partial charge in [0.05, 0.1) is 5.69 Å². The van der Waals surface area contributed by atoms with Gasteiger partial charge in [0.15, 0.2) is 17.2 Å². The van der Waals surface area contributed by atoms with Gasteiger partial charge >= 0.3 is 5.69 Å². The Hall–Kier alpha value is -3.45. The third-order valence-corrected chi connectivity index (χ3v) is 4.42. The lowest BCUT2D eigenvalue weighted by Gasteiger charge is -2.07. The highest BCUT2D eigenvalue weighted by Crippen LogP contribution is 2.22. The van der Waals surface area contributed by atoms with Crippen molar-refractivity contribution in [3.63, 3.8) is 0 Å². The quantitative estimate of drug-likeness (QED) is 0.570. The van der Waals surface area contributed by atoms with E-state index in [0.717, 1.165) is 5.56 Å². The first kappa shape index (κ1) is 17.0. The van der Waals surface area contributed by atoms with Gasteiger partial charge in [-0.05, 0) is 31.2 Å². The summed E-state index contributed by atoms with van der Waals surface area (Å²) in [7, 11) is 0. The molecular weight excluding hydrogens is 366 g/mol. The number of H-pyrrole nitrogens is 1. The summed E-state index contributed by atoms with van der Waals surface area (Å²) in [6.07, 6.45) is 0. The zero-order valence-corrected chi connectivity index (χ0v) is 15.0. The van der Waals surface area contributed by atoms with Crippen LogP contribution in [0.2, 0.25) is 5.02 Å². The number of carbonyl (C=O) groups is 1. The minimum atomic E-state index is -0.750. The van der Waals surface area contributed by atoms with Crippen molar-refractivity contribution in [1.82, 2.24) is 19.5 Å². The van der Waals surface area contributed by atoms with Crippen LogP contribution in [0.4, 0.5) is 0 Å². The lowest BCUT2D eigenvalue weighted by molar-refractivity contribution is 0.0997. The average Bonchev–Trinajstić information content (AvgIpc) is 2.98. The number of primary amides is 1. The van der Waals surface area contributed by atoms with Crippen LogP contribution in [0.3, 0.4) is 0 Å². The molecule has 7 nitrogen and oxygen atoms in total. The van der Waals surface area contributed by atoms with Gasteiger partial charge in [0.1, 0.15) is 5.52 Å². The Kier molecular flexibility index (Phi) is 4.01. The van der Waals surface area contributed by atoms with Crippen LogP contribution >= 0.6 is 11.6 Å². The molecule has 2 aromatic heterocycles. The summed E-state index contributed by atoms with van der Waals surface area (Å²) >= 11 is 5.93. The average molecular weight is 380 g/mol. The Labute approximate surface area is 158 Å². The lowest BCUT2D eigenvalue weighted by atomic mass is 10.1. The fourth-order valence-electron chi connectivity index (χ4n) is 2.82. The molecule has 0 saturated carbocycles. The van der Waals surface area contributed by atoms with E-state index in [4.69, 9.17) is 17.3 Å². The molecular formula is C19H14ClN5O2. The maximum absolute atomic E-state index is 12.5. The number of benzene rings is 2. The van der Waals surface area contributed by atoms with Gasteiger partial charge in [-0.25, -0.2) is 19.3 Å². The molecule has 0 aliphatic carbocycles. The molecule has 0 saturated heterocycles. The van der Waals surface area contributed by atoms with Gasteiger partial charge in [-0.15, -0.1) is 0 Å². The van der Waals surface area contributed by atoms with E-state index in [0.29, 0.717) is 22.1 Å². The molecule has 3 N–H and O–H groups in total. The van der Waals surface area contributed by atoms with Gasteiger partial charge in [0.25, 0.3) is 5.91 Å². The van der Waals surface area contributed by atoms with Gasteiger partial charge in [-0.3, -0.25) is 4.79 Å². The predicted molar refractivity (Wildman–Crippen MR) is 103 cm³/mol. The van der Waals surface area contributed by atoms with Crippen molar-refractivity contribution in [2.75, 3.05) is 0 Å². The number of nitrogens with zero attached hydrogens (tertiary/aromatic N) is 3. The van der Waals surface area contributed by atoms with Crippen LogP contribution in [0.25, 0.3) is 28.2 Å². The number of rotatable bonds is 3. The molecule has 134 valence electrons. The standard InChI is InChI=1S/C19H14ClN5O2/c1-10-2-4-11(5-3-10)17-22-14(16(21)26)15-18(24-17)25(19(27)23-15)13-8-6-12(20)7-9-13/h2-9H,1H3,(H2,21,26)(H,23,27). The maximum atomic E-state index is 12.5. The Bertz CT molecular complexity index is 1220. The second kappa shape index (κ2) is 6.37. The molecule has 0 aliphatic heterocycles. The van der Waals surface area contributed by atoms with Crippen LogP contribution in [-0.2, 0) is 0 Å². The number of halogens is 1. The van der Waals surface area contributed by atoms with Crippen molar-refractivity contribution in [1.29, 1.82) is 0 Å². The van der Waals surface area contributed by atoms with Gasteiger partial charge in [0, 0.05) is 10.6 Å². The fourth-order valence-corrected chi connectivity index (χ4v) is 2.95. The number of aryl methyl sites for hydroxylation is 1. The molecule has 0 bridgehead atoms. The topological polar surface area (TPSA) is 107 Å².